The lowest BCUT2D eigenvalue weighted by Gasteiger charge is -2.03. The van der Waals surface area contributed by atoms with Crippen molar-refractivity contribution >= 4 is 11.6 Å². The Bertz CT molecular complexity index is 412. The maximum atomic E-state index is 11.8. The average Bonchev–Trinajstić information content (AvgIpc) is 2.49. The van der Waals surface area contributed by atoms with E-state index in [1.165, 1.54) is 32.1 Å². The number of nitrogens with one attached hydrogen (secondary N) is 1. The molecule has 0 saturated heterocycles. The standard InChI is InChI=1S/C17H26N2O/c1-3-4-5-6-7-9-12-15(2)18-19-17(20)16-13-10-8-11-14-16/h8,10-11,13-14H,3-7,9,12H2,1-2H3,(H,19,20)/b18-15-. The van der Waals surface area contributed by atoms with Gasteiger partial charge in [0.25, 0.3) is 5.91 Å². The maximum Gasteiger partial charge on any atom is 0.271 e. The molecule has 3 nitrogen and oxygen atoms in total. The predicted molar refractivity (Wildman–Crippen MR) is 85.0 cm³/mol. The highest BCUT2D eigenvalue weighted by atomic mass is 16.2. The fourth-order valence-electron chi connectivity index (χ4n) is 2.02. The van der Waals surface area contributed by atoms with Crippen LogP contribution in [-0.2, 0) is 0 Å². The first-order valence-electron chi connectivity index (χ1n) is 7.62. The molecule has 0 aromatic heterocycles. The first kappa shape index (κ1) is 16.4. The molecule has 0 fully saturated rings. The molecule has 3 heteroatoms. The van der Waals surface area contributed by atoms with Crippen molar-refractivity contribution in [2.24, 2.45) is 5.10 Å². The Morgan fingerprint density at radius 2 is 1.70 bits per heavy atom. The van der Waals surface area contributed by atoms with Crippen molar-refractivity contribution < 1.29 is 4.79 Å². The van der Waals surface area contributed by atoms with Gasteiger partial charge in [0.2, 0.25) is 0 Å². The van der Waals surface area contributed by atoms with Crippen molar-refractivity contribution in [3.8, 4) is 0 Å². The molecule has 1 aromatic carbocycles. The van der Waals surface area contributed by atoms with Crippen molar-refractivity contribution in [2.45, 2.75) is 58.8 Å². The Morgan fingerprint density at radius 1 is 1.05 bits per heavy atom. The Balaban J connectivity index is 2.20. The average molecular weight is 274 g/mol. The van der Waals surface area contributed by atoms with E-state index in [4.69, 9.17) is 0 Å². The van der Waals surface area contributed by atoms with Crippen LogP contribution in [0.4, 0.5) is 0 Å². The second kappa shape index (κ2) is 10.2. The number of hydrogen-bond donors (Lipinski definition) is 1. The van der Waals surface area contributed by atoms with Crippen LogP contribution in [0.2, 0.25) is 0 Å². The predicted octanol–water partition coefficient (Wildman–Crippen LogP) is 4.54. The molecule has 0 aliphatic rings. The van der Waals surface area contributed by atoms with Crippen molar-refractivity contribution in [1.29, 1.82) is 0 Å². The van der Waals surface area contributed by atoms with Gasteiger partial charge in [-0.15, -0.1) is 0 Å². The highest BCUT2D eigenvalue weighted by Gasteiger charge is 2.02. The molecule has 1 amide bonds. The molecule has 0 aliphatic heterocycles. The molecule has 1 rings (SSSR count). The van der Waals surface area contributed by atoms with Crippen molar-refractivity contribution in [1.82, 2.24) is 5.43 Å². The molecule has 0 aliphatic carbocycles. The van der Waals surface area contributed by atoms with Gasteiger partial charge < -0.3 is 0 Å². The fourth-order valence-corrected chi connectivity index (χ4v) is 2.02. The van der Waals surface area contributed by atoms with Crippen LogP contribution in [0.25, 0.3) is 0 Å². The second-order valence-corrected chi connectivity index (χ2v) is 5.17. The van der Waals surface area contributed by atoms with Gasteiger partial charge in [-0.05, 0) is 31.9 Å². The summed E-state index contributed by atoms with van der Waals surface area (Å²) >= 11 is 0. The zero-order chi connectivity index (χ0) is 14.6. The van der Waals surface area contributed by atoms with Crippen LogP contribution in [0.3, 0.4) is 0 Å². The Hall–Kier alpha value is -1.64. The Labute approximate surface area is 122 Å². The third kappa shape index (κ3) is 7.07. The number of amides is 1. The molecular weight excluding hydrogens is 248 g/mol. The van der Waals surface area contributed by atoms with E-state index in [9.17, 15) is 4.79 Å². The van der Waals surface area contributed by atoms with Crippen molar-refractivity contribution in [2.75, 3.05) is 0 Å². The van der Waals surface area contributed by atoms with Gasteiger partial charge in [0.1, 0.15) is 0 Å². The summed E-state index contributed by atoms with van der Waals surface area (Å²) in [6, 6.07) is 9.16. The first-order chi connectivity index (χ1) is 9.74. The molecule has 0 atom stereocenters. The number of hydrazone groups is 1. The number of benzene rings is 1. The minimum absolute atomic E-state index is 0.145. The van der Waals surface area contributed by atoms with Crippen LogP contribution in [0.5, 0.6) is 0 Å². The first-order valence-corrected chi connectivity index (χ1v) is 7.62. The highest BCUT2D eigenvalue weighted by molar-refractivity contribution is 5.95. The largest absolute Gasteiger partial charge is 0.271 e. The van der Waals surface area contributed by atoms with Crippen LogP contribution < -0.4 is 5.43 Å². The van der Waals surface area contributed by atoms with E-state index < -0.39 is 0 Å². The number of hydrogen-bond acceptors (Lipinski definition) is 2. The van der Waals surface area contributed by atoms with Gasteiger partial charge in [-0.2, -0.15) is 5.10 Å². The number of carbonyl (C=O) groups excluding carboxylic acids is 1. The maximum absolute atomic E-state index is 11.8. The molecule has 0 heterocycles. The molecule has 20 heavy (non-hydrogen) atoms. The minimum Gasteiger partial charge on any atom is -0.267 e. The van der Waals surface area contributed by atoms with Gasteiger partial charge in [0.15, 0.2) is 0 Å². The third-order valence-electron chi connectivity index (χ3n) is 3.28. The zero-order valence-corrected chi connectivity index (χ0v) is 12.7. The second-order valence-electron chi connectivity index (χ2n) is 5.17. The Kier molecular flexibility index (Phi) is 8.36. The molecular formula is C17H26N2O. The summed E-state index contributed by atoms with van der Waals surface area (Å²) in [6.45, 7) is 4.20. The Morgan fingerprint density at radius 3 is 2.40 bits per heavy atom. The summed E-state index contributed by atoms with van der Waals surface area (Å²) < 4.78 is 0. The topological polar surface area (TPSA) is 41.5 Å². The van der Waals surface area contributed by atoms with E-state index in [-0.39, 0.29) is 5.91 Å². The van der Waals surface area contributed by atoms with E-state index in [0.29, 0.717) is 5.56 Å². The van der Waals surface area contributed by atoms with Gasteiger partial charge >= 0.3 is 0 Å². The highest BCUT2D eigenvalue weighted by Crippen LogP contribution is 2.07. The summed E-state index contributed by atoms with van der Waals surface area (Å²) in [7, 11) is 0. The quantitative estimate of drug-likeness (QED) is 0.401. The number of rotatable bonds is 9. The van der Waals surface area contributed by atoms with Crippen molar-refractivity contribution in [3.05, 3.63) is 35.9 Å². The van der Waals surface area contributed by atoms with Crippen LogP contribution in [0.15, 0.2) is 35.4 Å². The molecule has 1 aromatic rings. The normalized spacial score (nSPS) is 11.4. The van der Waals surface area contributed by atoms with E-state index in [0.717, 1.165) is 18.6 Å². The smallest absolute Gasteiger partial charge is 0.267 e. The van der Waals surface area contributed by atoms with Crippen LogP contribution >= 0.6 is 0 Å². The van der Waals surface area contributed by atoms with Gasteiger partial charge in [0.05, 0.1) is 0 Å². The number of carbonyl (C=O) groups is 1. The molecule has 0 spiro atoms. The zero-order valence-electron chi connectivity index (χ0n) is 12.7. The molecule has 1 N–H and O–H groups in total. The summed E-state index contributed by atoms with van der Waals surface area (Å²) in [4.78, 5) is 11.8. The van der Waals surface area contributed by atoms with Gasteiger partial charge in [-0.25, -0.2) is 5.43 Å². The van der Waals surface area contributed by atoms with Crippen LogP contribution in [0, 0.1) is 0 Å². The molecule has 110 valence electrons. The summed E-state index contributed by atoms with van der Waals surface area (Å²) in [5.74, 6) is -0.145. The molecule has 0 saturated carbocycles. The van der Waals surface area contributed by atoms with Gasteiger partial charge in [-0.3, -0.25) is 4.79 Å². The molecule has 0 unspecified atom stereocenters. The van der Waals surface area contributed by atoms with E-state index >= 15 is 0 Å². The lowest BCUT2D eigenvalue weighted by Crippen LogP contribution is -2.18. The molecule has 0 radical (unpaired) electrons. The lowest BCUT2D eigenvalue weighted by molar-refractivity contribution is 0.0954. The van der Waals surface area contributed by atoms with Gasteiger partial charge in [0, 0.05) is 11.3 Å². The third-order valence-corrected chi connectivity index (χ3v) is 3.28. The van der Waals surface area contributed by atoms with Crippen LogP contribution in [-0.4, -0.2) is 11.6 Å². The lowest BCUT2D eigenvalue weighted by atomic mass is 10.1. The molecule has 0 bridgehead atoms. The van der Waals surface area contributed by atoms with Gasteiger partial charge in [-0.1, -0.05) is 57.2 Å². The van der Waals surface area contributed by atoms with E-state index in [2.05, 4.69) is 17.5 Å². The summed E-state index contributed by atoms with van der Waals surface area (Å²) in [6.07, 6.45) is 8.61. The van der Waals surface area contributed by atoms with Crippen molar-refractivity contribution in [3.63, 3.8) is 0 Å². The number of nitrogens with zero attached hydrogens (tertiary/aromatic N) is 1. The summed E-state index contributed by atoms with van der Waals surface area (Å²) in [5, 5.41) is 4.15. The SMILES string of the molecule is CCCCCCCC/C(C)=N\NC(=O)c1ccccc1. The minimum atomic E-state index is -0.145. The monoisotopic (exact) mass is 274 g/mol. The van der Waals surface area contributed by atoms with E-state index in [1.54, 1.807) is 12.1 Å². The summed E-state index contributed by atoms with van der Waals surface area (Å²) in [5.41, 5.74) is 4.24. The van der Waals surface area contributed by atoms with Crippen LogP contribution in [0.1, 0.15) is 69.2 Å². The van der Waals surface area contributed by atoms with E-state index in [1.807, 2.05) is 25.1 Å². The fraction of sp³-hybridized carbons (Fsp3) is 0.529. The number of unbranched alkanes of at least 4 members (excludes halogenated alkanes) is 5.